The van der Waals surface area contributed by atoms with Crippen molar-refractivity contribution in [3.8, 4) is 0 Å². The van der Waals surface area contributed by atoms with Gasteiger partial charge in [-0.15, -0.1) is 0 Å². The van der Waals surface area contributed by atoms with E-state index in [1.807, 2.05) is 11.9 Å². The Morgan fingerprint density at radius 2 is 2.20 bits per heavy atom. The predicted octanol–water partition coefficient (Wildman–Crippen LogP) is 1.09. The average molecular weight is 342 g/mol. The fourth-order valence-corrected chi connectivity index (χ4v) is 3.68. The molecule has 1 atom stereocenters. The predicted molar refractivity (Wildman–Crippen MR) is 91.1 cm³/mol. The van der Waals surface area contributed by atoms with Crippen molar-refractivity contribution in [1.29, 1.82) is 0 Å². The molecule has 0 bridgehead atoms. The average Bonchev–Trinajstić information content (AvgIpc) is 3.23. The SMILES string of the molecule is Cn1ccc(C(=O)N2CCC3(CC2)C[C@@H](Nc2cnccn2)CO3)n1. The number of anilines is 1. The number of rotatable bonds is 3. The normalized spacial score (nSPS) is 22.3. The molecule has 4 rings (SSSR count). The standard InChI is InChI=1S/C17H22N6O2/c1-22-7-2-14(21-22)16(24)23-8-3-17(4-9-23)10-13(12-25-17)20-15-11-18-5-6-19-15/h2,5-7,11,13H,3-4,8-10,12H2,1H3,(H,19,20)/t13-/m1/s1. The fraction of sp³-hybridized carbons (Fsp3) is 0.529. The van der Waals surface area contributed by atoms with Crippen LogP contribution in [0.2, 0.25) is 0 Å². The number of ether oxygens (including phenoxy) is 1. The van der Waals surface area contributed by atoms with Gasteiger partial charge in [0, 0.05) is 38.7 Å². The van der Waals surface area contributed by atoms with Crippen molar-refractivity contribution in [2.45, 2.75) is 30.9 Å². The summed E-state index contributed by atoms with van der Waals surface area (Å²) in [7, 11) is 1.82. The van der Waals surface area contributed by atoms with Gasteiger partial charge in [-0.3, -0.25) is 14.5 Å². The van der Waals surface area contributed by atoms with E-state index < -0.39 is 0 Å². The van der Waals surface area contributed by atoms with E-state index in [1.54, 1.807) is 35.5 Å². The van der Waals surface area contributed by atoms with Crippen LogP contribution in [-0.4, -0.2) is 61.9 Å². The molecule has 0 saturated carbocycles. The van der Waals surface area contributed by atoms with Gasteiger partial charge in [0.25, 0.3) is 5.91 Å². The summed E-state index contributed by atoms with van der Waals surface area (Å²) in [5.74, 6) is 0.776. The smallest absolute Gasteiger partial charge is 0.274 e. The number of aromatic nitrogens is 4. The monoisotopic (exact) mass is 342 g/mol. The summed E-state index contributed by atoms with van der Waals surface area (Å²) < 4.78 is 7.79. The van der Waals surface area contributed by atoms with Crippen molar-refractivity contribution >= 4 is 11.7 Å². The number of nitrogens with zero attached hydrogens (tertiary/aromatic N) is 5. The highest BCUT2D eigenvalue weighted by molar-refractivity contribution is 5.92. The van der Waals surface area contributed by atoms with Crippen molar-refractivity contribution in [3.63, 3.8) is 0 Å². The van der Waals surface area contributed by atoms with Gasteiger partial charge in [-0.1, -0.05) is 0 Å². The van der Waals surface area contributed by atoms with Crippen LogP contribution in [0.1, 0.15) is 29.8 Å². The first-order chi connectivity index (χ1) is 12.1. The number of piperidine rings is 1. The molecule has 2 aromatic heterocycles. The maximum absolute atomic E-state index is 12.5. The second-order valence-corrected chi connectivity index (χ2v) is 6.80. The molecule has 25 heavy (non-hydrogen) atoms. The van der Waals surface area contributed by atoms with Crippen LogP contribution in [0.5, 0.6) is 0 Å². The molecule has 2 aromatic rings. The number of likely N-dealkylation sites (tertiary alicyclic amines) is 1. The molecule has 0 unspecified atom stereocenters. The molecule has 1 amide bonds. The Balaban J connectivity index is 1.33. The van der Waals surface area contributed by atoms with Gasteiger partial charge in [-0.2, -0.15) is 5.10 Å². The molecule has 8 heteroatoms. The number of hydrogen-bond acceptors (Lipinski definition) is 6. The third kappa shape index (κ3) is 3.34. The minimum atomic E-state index is -0.138. The van der Waals surface area contributed by atoms with Crippen LogP contribution in [0.4, 0.5) is 5.82 Å². The molecule has 8 nitrogen and oxygen atoms in total. The Bertz CT molecular complexity index is 739. The number of amides is 1. The lowest BCUT2D eigenvalue weighted by molar-refractivity contribution is -0.0389. The molecule has 1 N–H and O–H groups in total. The Morgan fingerprint density at radius 1 is 1.36 bits per heavy atom. The van der Waals surface area contributed by atoms with Crippen molar-refractivity contribution in [1.82, 2.24) is 24.6 Å². The second kappa shape index (κ2) is 6.44. The third-order valence-electron chi connectivity index (χ3n) is 5.02. The molecular weight excluding hydrogens is 320 g/mol. The van der Waals surface area contributed by atoms with Gasteiger partial charge in [0.15, 0.2) is 0 Å². The number of carbonyl (C=O) groups is 1. The molecule has 132 valence electrons. The molecule has 2 saturated heterocycles. The van der Waals surface area contributed by atoms with Gasteiger partial charge in [-0.05, 0) is 25.3 Å². The zero-order valence-corrected chi connectivity index (χ0v) is 14.3. The molecule has 2 aliphatic heterocycles. The van der Waals surface area contributed by atoms with E-state index in [4.69, 9.17) is 4.74 Å². The largest absolute Gasteiger partial charge is 0.373 e. The highest BCUT2D eigenvalue weighted by Gasteiger charge is 2.43. The van der Waals surface area contributed by atoms with Gasteiger partial charge in [0.05, 0.1) is 24.4 Å². The summed E-state index contributed by atoms with van der Waals surface area (Å²) in [6.45, 7) is 2.06. The minimum Gasteiger partial charge on any atom is -0.373 e. The summed E-state index contributed by atoms with van der Waals surface area (Å²) in [5, 5.41) is 7.59. The van der Waals surface area contributed by atoms with E-state index >= 15 is 0 Å². The van der Waals surface area contributed by atoms with Crippen LogP contribution in [-0.2, 0) is 11.8 Å². The molecular formula is C17H22N6O2. The lowest BCUT2D eigenvalue weighted by atomic mass is 9.87. The van der Waals surface area contributed by atoms with Crippen LogP contribution < -0.4 is 5.32 Å². The van der Waals surface area contributed by atoms with Crippen LogP contribution in [0, 0.1) is 0 Å². The second-order valence-electron chi connectivity index (χ2n) is 6.80. The van der Waals surface area contributed by atoms with Crippen molar-refractivity contribution < 1.29 is 9.53 Å². The maximum atomic E-state index is 12.5. The summed E-state index contributed by atoms with van der Waals surface area (Å²) >= 11 is 0. The first-order valence-electron chi connectivity index (χ1n) is 8.59. The quantitative estimate of drug-likeness (QED) is 0.899. The van der Waals surface area contributed by atoms with Crippen LogP contribution in [0.3, 0.4) is 0 Å². The molecule has 1 spiro atoms. The first-order valence-corrected chi connectivity index (χ1v) is 8.59. The summed E-state index contributed by atoms with van der Waals surface area (Å²) in [4.78, 5) is 22.7. The lowest BCUT2D eigenvalue weighted by Crippen LogP contribution is -2.46. The van der Waals surface area contributed by atoms with Crippen molar-refractivity contribution in [2.24, 2.45) is 7.05 Å². The van der Waals surface area contributed by atoms with Gasteiger partial charge in [0.1, 0.15) is 11.5 Å². The van der Waals surface area contributed by atoms with E-state index in [1.165, 1.54) is 0 Å². The minimum absolute atomic E-state index is 0.00248. The Morgan fingerprint density at radius 3 is 2.88 bits per heavy atom. The first kappa shape index (κ1) is 16.0. The summed E-state index contributed by atoms with van der Waals surface area (Å²) in [6.07, 6.45) is 9.48. The number of carbonyl (C=O) groups excluding carboxylic acids is 1. The van der Waals surface area contributed by atoms with Crippen molar-refractivity contribution in [2.75, 3.05) is 25.0 Å². The van der Waals surface area contributed by atoms with Crippen molar-refractivity contribution in [3.05, 3.63) is 36.5 Å². The molecule has 2 aliphatic rings. The summed E-state index contributed by atoms with van der Waals surface area (Å²) in [5.41, 5.74) is 0.369. The van der Waals surface area contributed by atoms with Crippen LogP contribution >= 0.6 is 0 Å². The molecule has 2 fully saturated rings. The summed E-state index contributed by atoms with van der Waals surface area (Å²) in [6, 6.07) is 1.99. The maximum Gasteiger partial charge on any atom is 0.274 e. The van der Waals surface area contributed by atoms with Gasteiger partial charge >= 0.3 is 0 Å². The Labute approximate surface area is 146 Å². The topological polar surface area (TPSA) is 85.2 Å². The Kier molecular flexibility index (Phi) is 4.12. The molecule has 0 aromatic carbocycles. The van der Waals surface area contributed by atoms with E-state index in [-0.39, 0.29) is 17.6 Å². The third-order valence-corrected chi connectivity index (χ3v) is 5.02. The zero-order chi connectivity index (χ0) is 17.3. The molecule has 4 heterocycles. The Hall–Kier alpha value is -2.48. The van der Waals surface area contributed by atoms with E-state index in [9.17, 15) is 4.79 Å². The van der Waals surface area contributed by atoms with Crippen LogP contribution in [0.15, 0.2) is 30.9 Å². The zero-order valence-electron chi connectivity index (χ0n) is 14.3. The highest BCUT2D eigenvalue weighted by Crippen LogP contribution is 2.37. The van der Waals surface area contributed by atoms with E-state index in [0.717, 1.165) is 25.1 Å². The van der Waals surface area contributed by atoms with Gasteiger partial charge in [0.2, 0.25) is 0 Å². The highest BCUT2D eigenvalue weighted by atomic mass is 16.5. The van der Waals surface area contributed by atoms with E-state index in [2.05, 4.69) is 20.4 Å². The number of aryl methyl sites for hydroxylation is 1. The van der Waals surface area contributed by atoms with Crippen LogP contribution in [0.25, 0.3) is 0 Å². The fourth-order valence-electron chi connectivity index (χ4n) is 3.68. The molecule has 0 radical (unpaired) electrons. The van der Waals surface area contributed by atoms with Gasteiger partial charge in [-0.25, -0.2) is 4.98 Å². The van der Waals surface area contributed by atoms with E-state index in [0.29, 0.717) is 25.4 Å². The van der Waals surface area contributed by atoms with Gasteiger partial charge < -0.3 is 15.0 Å². The number of nitrogens with one attached hydrogen (secondary N) is 1. The lowest BCUT2D eigenvalue weighted by Gasteiger charge is -2.38. The number of hydrogen-bond donors (Lipinski definition) is 1. The molecule has 0 aliphatic carbocycles.